The first kappa shape index (κ1) is 13.5. The van der Waals surface area contributed by atoms with E-state index in [4.69, 9.17) is 0 Å². The van der Waals surface area contributed by atoms with Gasteiger partial charge >= 0.3 is 0 Å². The lowest BCUT2D eigenvalue weighted by atomic mass is 10.1. The normalized spacial score (nSPS) is 10.9. The molecule has 1 aromatic heterocycles. The number of rotatable bonds is 5. The van der Waals surface area contributed by atoms with Crippen molar-refractivity contribution in [3.63, 3.8) is 0 Å². The summed E-state index contributed by atoms with van der Waals surface area (Å²) in [4.78, 5) is 11.9. The molecule has 0 unspecified atom stereocenters. The molecule has 0 fully saturated rings. The molecule has 2 rings (SSSR count). The van der Waals surface area contributed by atoms with Crippen molar-refractivity contribution in [1.82, 2.24) is 9.78 Å². The van der Waals surface area contributed by atoms with Crippen LogP contribution in [0.15, 0.2) is 36.5 Å². The van der Waals surface area contributed by atoms with Crippen molar-refractivity contribution in [3.05, 3.63) is 53.6 Å². The Hall–Kier alpha value is -1.97. The summed E-state index contributed by atoms with van der Waals surface area (Å²) < 4.78 is 14.6. The third kappa shape index (κ3) is 3.74. The van der Waals surface area contributed by atoms with Crippen LogP contribution in [0.4, 0.5) is 4.39 Å². The van der Waals surface area contributed by atoms with E-state index in [0.717, 1.165) is 11.3 Å². The second-order valence-corrected chi connectivity index (χ2v) is 4.90. The fraction of sp³-hybridized carbons (Fsp3) is 0.333. The molecule has 0 aliphatic heterocycles. The maximum atomic E-state index is 12.8. The van der Waals surface area contributed by atoms with E-state index in [1.165, 1.54) is 12.1 Å². The summed E-state index contributed by atoms with van der Waals surface area (Å²) in [5, 5.41) is 4.34. The summed E-state index contributed by atoms with van der Waals surface area (Å²) in [6, 6.07) is 8.18. The molecule has 0 saturated heterocycles. The van der Waals surface area contributed by atoms with E-state index in [0.29, 0.717) is 18.9 Å². The van der Waals surface area contributed by atoms with Gasteiger partial charge in [-0.1, -0.05) is 12.1 Å². The molecule has 0 N–H and O–H groups in total. The fourth-order valence-corrected chi connectivity index (χ4v) is 1.85. The minimum absolute atomic E-state index is 0.0839. The number of ketones is 1. The summed E-state index contributed by atoms with van der Waals surface area (Å²) >= 11 is 0. The summed E-state index contributed by atoms with van der Waals surface area (Å²) in [6.45, 7) is 4.08. The van der Waals surface area contributed by atoms with E-state index in [-0.39, 0.29) is 11.6 Å². The molecule has 4 heteroatoms. The number of hydrogen-bond acceptors (Lipinski definition) is 2. The molecule has 0 atom stereocenters. The van der Waals surface area contributed by atoms with Gasteiger partial charge in [0, 0.05) is 18.7 Å². The van der Waals surface area contributed by atoms with Crippen LogP contribution in [-0.4, -0.2) is 15.6 Å². The number of halogens is 1. The van der Waals surface area contributed by atoms with Gasteiger partial charge in [0.05, 0.1) is 12.1 Å². The van der Waals surface area contributed by atoms with Crippen LogP contribution in [0, 0.1) is 5.82 Å². The molecular formula is C15H17FN2O. The van der Waals surface area contributed by atoms with Crippen LogP contribution in [0.1, 0.15) is 31.1 Å². The lowest BCUT2D eigenvalue weighted by Crippen LogP contribution is -2.08. The fourth-order valence-electron chi connectivity index (χ4n) is 1.85. The van der Waals surface area contributed by atoms with Crippen molar-refractivity contribution < 1.29 is 9.18 Å². The largest absolute Gasteiger partial charge is 0.299 e. The third-order valence-corrected chi connectivity index (χ3v) is 2.89. The van der Waals surface area contributed by atoms with E-state index >= 15 is 0 Å². The van der Waals surface area contributed by atoms with Crippen LogP contribution >= 0.6 is 0 Å². The Morgan fingerprint density at radius 3 is 2.47 bits per heavy atom. The Morgan fingerprint density at radius 1 is 1.21 bits per heavy atom. The Morgan fingerprint density at radius 2 is 1.89 bits per heavy atom. The lowest BCUT2D eigenvalue weighted by molar-refractivity contribution is -0.117. The molecule has 19 heavy (non-hydrogen) atoms. The molecule has 0 radical (unpaired) electrons. The number of hydrogen-bond donors (Lipinski definition) is 0. The topological polar surface area (TPSA) is 34.9 Å². The van der Waals surface area contributed by atoms with E-state index in [9.17, 15) is 9.18 Å². The molecule has 3 nitrogen and oxygen atoms in total. The predicted molar refractivity (Wildman–Crippen MR) is 71.4 cm³/mol. The first-order valence-electron chi connectivity index (χ1n) is 6.35. The van der Waals surface area contributed by atoms with Crippen molar-refractivity contribution in [1.29, 1.82) is 0 Å². The van der Waals surface area contributed by atoms with Gasteiger partial charge in [-0.3, -0.25) is 9.48 Å². The minimum atomic E-state index is -0.285. The highest BCUT2D eigenvalue weighted by molar-refractivity contribution is 5.82. The molecule has 0 aliphatic carbocycles. The molecule has 0 spiro atoms. The Kier molecular flexibility index (Phi) is 4.10. The average molecular weight is 260 g/mol. The molecule has 2 aromatic rings. The van der Waals surface area contributed by atoms with Crippen molar-refractivity contribution in [2.24, 2.45) is 0 Å². The van der Waals surface area contributed by atoms with Crippen molar-refractivity contribution in [2.45, 2.75) is 32.7 Å². The lowest BCUT2D eigenvalue weighted by Gasteiger charge is -2.03. The molecule has 0 aliphatic rings. The van der Waals surface area contributed by atoms with E-state index < -0.39 is 0 Å². The summed E-state index contributed by atoms with van der Waals surface area (Å²) in [5.41, 5.74) is 1.61. The maximum absolute atomic E-state index is 12.8. The Bertz CT molecular complexity index is 558. The SMILES string of the molecule is CC(C)n1ccc(CC(=O)Cc2ccc(F)cc2)n1. The number of carbonyl (C=O) groups is 1. The third-order valence-electron chi connectivity index (χ3n) is 2.89. The quantitative estimate of drug-likeness (QED) is 0.828. The van der Waals surface area contributed by atoms with Gasteiger partial charge < -0.3 is 0 Å². The van der Waals surface area contributed by atoms with Gasteiger partial charge in [0.15, 0.2) is 0 Å². The van der Waals surface area contributed by atoms with Crippen LogP contribution in [-0.2, 0) is 17.6 Å². The molecule has 1 heterocycles. The highest BCUT2D eigenvalue weighted by Gasteiger charge is 2.09. The Labute approximate surface area is 112 Å². The zero-order valence-electron chi connectivity index (χ0n) is 11.1. The van der Waals surface area contributed by atoms with Gasteiger partial charge in [-0.25, -0.2) is 4.39 Å². The van der Waals surface area contributed by atoms with E-state index in [2.05, 4.69) is 5.10 Å². The van der Waals surface area contributed by atoms with Gasteiger partial charge in [-0.2, -0.15) is 5.10 Å². The minimum Gasteiger partial charge on any atom is -0.299 e. The second-order valence-electron chi connectivity index (χ2n) is 4.90. The van der Waals surface area contributed by atoms with Crippen LogP contribution < -0.4 is 0 Å². The van der Waals surface area contributed by atoms with Gasteiger partial charge in [-0.15, -0.1) is 0 Å². The smallest absolute Gasteiger partial charge is 0.143 e. The predicted octanol–water partition coefficient (Wildman–Crippen LogP) is 2.96. The monoisotopic (exact) mass is 260 g/mol. The van der Waals surface area contributed by atoms with Gasteiger partial charge in [0.1, 0.15) is 11.6 Å². The zero-order chi connectivity index (χ0) is 13.8. The van der Waals surface area contributed by atoms with E-state index in [1.54, 1.807) is 12.1 Å². The molecule has 0 bridgehead atoms. The highest BCUT2D eigenvalue weighted by Crippen LogP contribution is 2.08. The average Bonchev–Trinajstić information content (AvgIpc) is 2.80. The number of aromatic nitrogens is 2. The van der Waals surface area contributed by atoms with Gasteiger partial charge in [-0.05, 0) is 37.6 Å². The Balaban J connectivity index is 1.95. The van der Waals surface area contributed by atoms with Crippen molar-refractivity contribution in [2.75, 3.05) is 0 Å². The number of Topliss-reactive ketones (excluding diaryl/α,β-unsaturated/α-hetero) is 1. The first-order valence-corrected chi connectivity index (χ1v) is 6.35. The van der Waals surface area contributed by atoms with Crippen molar-refractivity contribution in [3.8, 4) is 0 Å². The summed E-state index contributed by atoms with van der Waals surface area (Å²) in [7, 11) is 0. The number of carbonyl (C=O) groups excluding carboxylic acids is 1. The summed E-state index contributed by atoms with van der Waals surface area (Å²) in [6.07, 6.45) is 2.51. The molecule has 0 saturated carbocycles. The van der Waals surface area contributed by atoms with Crippen LogP contribution in [0.3, 0.4) is 0 Å². The molecule has 100 valence electrons. The van der Waals surface area contributed by atoms with Crippen LogP contribution in [0.25, 0.3) is 0 Å². The number of benzene rings is 1. The molecule has 1 aromatic carbocycles. The maximum Gasteiger partial charge on any atom is 0.143 e. The zero-order valence-corrected chi connectivity index (χ0v) is 11.1. The highest BCUT2D eigenvalue weighted by atomic mass is 19.1. The summed E-state index contributed by atoms with van der Waals surface area (Å²) in [5.74, 6) is -0.201. The van der Waals surface area contributed by atoms with E-state index in [1.807, 2.05) is 30.8 Å². The van der Waals surface area contributed by atoms with Crippen LogP contribution in [0.5, 0.6) is 0 Å². The molecular weight excluding hydrogens is 243 g/mol. The van der Waals surface area contributed by atoms with Crippen molar-refractivity contribution >= 4 is 5.78 Å². The molecule has 0 amide bonds. The standard InChI is InChI=1S/C15H17FN2O/c1-11(2)18-8-7-14(17-18)10-15(19)9-12-3-5-13(16)6-4-12/h3-8,11H,9-10H2,1-2H3. The second kappa shape index (κ2) is 5.78. The first-order chi connectivity index (χ1) is 9.04. The van der Waals surface area contributed by atoms with Crippen LogP contribution in [0.2, 0.25) is 0 Å². The van der Waals surface area contributed by atoms with Gasteiger partial charge in [0.25, 0.3) is 0 Å². The number of nitrogens with zero attached hydrogens (tertiary/aromatic N) is 2. The van der Waals surface area contributed by atoms with Gasteiger partial charge in [0.2, 0.25) is 0 Å².